The number of hydrogen-bond acceptors (Lipinski definition) is 6. The average Bonchev–Trinajstić information content (AvgIpc) is 3.59. The number of fused-ring (bicyclic) bond motifs is 3. The van der Waals surface area contributed by atoms with Gasteiger partial charge in [-0.05, 0) is 35.1 Å². The summed E-state index contributed by atoms with van der Waals surface area (Å²) in [5.74, 6) is -1.20. The Morgan fingerprint density at radius 2 is 1.77 bits per heavy atom. The van der Waals surface area contributed by atoms with Gasteiger partial charge in [0, 0.05) is 23.9 Å². The average molecular weight is 492 g/mol. The van der Waals surface area contributed by atoms with Gasteiger partial charge in [-0.25, -0.2) is 9.78 Å². The van der Waals surface area contributed by atoms with Crippen LogP contribution in [-0.2, 0) is 16.1 Å². The first kappa shape index (κ1) is 23.0. The summed E-state index contributed by atoms with van der Waals surface area (Å²) < 4.78 is 5.54. The van der Waals surface area contributed by atoms with E-state index in [-0.39, 0.29) is 43.1 Å². The van der Waals surface area contributed by atoms with Gasteiger partial charge in [0.25, 0.3) is 5.91 Å². The van der Waals surface area contributed by atoms with Crippen molar-refractivity contribution in [2.75, 3.05) is 13.2 Å². The van der Waals surface area contributed by atoms with Crippen molar-refractivity contribution >= 4 is 29.3 Å². The Morgan fingerprint density at radius 1 is 1.09 bits per heavy atom. The van der Waals surface area contributed by atoms with Gasteiger partial charge in [-0.1, -0.05) is 48.5 Å². The van der Waals surface area contributed by atoms with Crippen molar-refractivity contribution in [3.63, 3.8) is 0 Å². The molecule has 2 heterocycles. The number of rotatable bonds is 7. The van der Waals surface area contributed by atoms with Gasteiger partial charge < -0.3 is 20.1 Å². The van der Waals surface area contributed by atoms with E-state index in [9.17, 15) is 14.4 Å². The summed E-state index contributed by atoms with van der Waals surface area (Å²) in [6.07, 6.45) is 0.852. The lowest BCUT2D eigenvalue weighted by atomic mass is 9.98. The van der Waals surface area contributed by atoms with Crippen molar-refractivity contribution in [3.05, 3.63) is 75.7 Å². The van der Waals surface area contributed by atoms with Crippen LogP contribution in [0.4, 0.5) is 4.79 Å². The number of benzene rings is 2. The zero-order valence-corrected chi connectivity index (χ0v) is 19.8. The zero-order chi connectivity index (χ0) is 24.4. The number of thiazole rings is 1. The van der Waals surface area contributed by atoms with Crippen LogP contribution in [0.15, 0.2) is 53.9 Å². The molecule has 1 fully saturated rings. The van der Waals surface area contributed by atoms with E-state index < -0.39 is 12.1 Å². The van der Waals surface area contributed by atoms with E-state index in [1.165, 1.54) is 22.5 Å². The van der Waals surface area contributed by atoms with Crippen molar-refractivity contribution < 1.29 is 24.2 Å². The molecule has 0 radical (unpaired) electrons. The van der Waals surface area contributed by atoms with Crippen molar-refractivity contribution in [2.24, 2.45) is 0 Å². The summed E-state index contributed by atoms with van der Waals surface area (Å²) in [5, 5.41) is 14.0. The summed E-state index contributed by atoms with van der Waals surface area (Å²) in [4.78, 5) is 42.2. The lowest BCUT2D eigenvalue weighted by Crippen LogP contribution is -2.37. The number of hydrogen-bond donors (Lipinski definition) is 2. The summed E-state index contributed by atoms with van der Waals surface area (Å²) >= 11 is 1.27. The fourth-order valence-corrected chi connectivity index (χ4v) is 5.66. The highest BCUT2D eigenvalue weighted by atomic mass is 32.1. The van der Waals surface area contributed by atoms with Gasteiger partial charge in [-0.2, -0.15) is 0 Å². The predicted molar refractivity (Wildman–Crippen MR) is 130 cm³/mol. The van der Waals surface area contributed by atoms with Crippen LogP contribution < -0.4 is 5.32 Å². The molecule has 8 nitrogen and oxygen atoms in total. The van der Waals surface area contributed by atoms with E-state index in [1.54, 1.807) is 10.3 Å². The molecule has 1 aromatic heterocycles. The molecule has 5 rings (SSSR count). The van der Waals surface area contributed by atoms with Gasteiger partial charge in [0.15, 0.2) is 0 Å². The highest BCUT2D eigenvalue weighted by Gasteiger charge is 2.32. The Balaban J connectivity index is 1.16. The first-order valence-electron chi connectivity index (χ1n) is 11.6. The third kappa shape index (κ3) is 4.77. The molecule has 1 aliphatic carbocycles. The minimum absolute atomic E-state index is 0.0172. The number of carbonyl (C=O) groups is 3. The van der Waals surface area contributed by atoms with Crippen LogP contribution in [0.5, 0.6) is 0 Å². The highest BCUT2D eigenvalue weighted by Crippen LogP contribution is 2.44. The van der Waals surface area contributed by atoms with Crippen LogP contribution in [0.25, 0.3) is 11.1 Å². The Bertz CT molecular complexity index is 1230. The molecule has 2 N–H and O–H groups in total. The topological polar surface area (TPSA) is 109 Å². The Labute approximate surface area is 206 Å². The first-order chi connectivity index (χ1) is 17.0. The van der Waals surface area contributed by atoms with E-state index in [0.29, 0.717) is 18.0 Å². The summed E-state index contributed by atoms with van der Waals surface area (Å²) in [6.45, 7) is 0.899. The molecular formula is C26H25N3O5S. The molecule has 1 saturated heterocycles. The minimum atomic E-state index is -0.916. The highest BCUT2D eigenvalue weighted by molar-refractivity contribution is 7.09. The number of alkyl carbamates (subject to hydrolysis) is 1. The maximum Gasteiger partial charge on any atom is 0.407 e. The van der Waals surface area contributed by atoms with Gasteiger partial charge in [0.2, 0.25) is 0 Å². The van der Waals surface area contributed by atoms with Crippen LogP contribution in [-0.4, -0.2) is 52.2 Å². The summed E-state index contributed by atoms with van der Waals surface area (Å²) in [7, 11) is 0. The number of aliphatic carboxylic acids is 1. The molecule has 2 amide bonds. The second-order valence-electron chi connectivity index (χ2n) is 8.70. The maximum atomic E-state index is 12.8. The molecule has 1 aliphatic heterocycles. The van der Waals surface area contributed by atoms with Crippen LogP contribution in [0.3, 0.4) is 0 Å². The van der Waals surface area contributed by atoms with Crippen molar-refractivity contribution in [1.29, 1.82) is 0 Å². The summed E-state index contributed by atoms with van der Waals surface area (Å²) in [5.41, 5.74) is 4.90. The molecule has 2 aromatic carbocycles. The van der Waals surface area contributed by atoms with E-state index in [4.69, 9.17) is 9.84 Å². The standard InChI is InChI=1S/C26H25N3O5S/c30-24(31)12-16-6-5-11-29(16)25(32)22-15-35-23(28-22)13-27-26(33)34-14-21-19-9-3-1-7-17(19)18-8-2-4-10-20(18)21/h1-4,7-10,15-16,21H,5-6,11-14H2,(H,27,33)(H,30,31)/t16-/m0/s1. The number of carboxylic acid groups (broad SMARTS) is 1. The predicted octanol–water partition coefficient (Wildman–Crippen LogP) is 4.26. The molecule has 0 unspecified atom stereocenters. The number of ether oxygens (including phenoxy) is 1. The van der Waals surface area contributed by atoms with Crippen molar-refractivity contribution in [3.8, 4) is 11.1 Å². The number of amides is 2. The van der Waals surface area contributed by atoms with Crippen molar-refractivity contribution in [2.45, 2.75) is 37.8 Å². The van der Waals surface area contributed by atoms with E-state index in [1.807, 2.05) is 24.3 Å². The van der Waals surface area contributed by atoms with E-state index >= 15 is 0 Å². The van der Waals surface area contributed by atoms with Crippen LogP contribution in [0.2, 0.25) is 0 Å². The van der Waals surface area contributed by atoms with Crippen LogP contribution in [0, 0.1) is 0 Å². The van der Waals surface area contributed by atoms with Crippen molar-refractivity contribution in [1.82, 2.24) is 15.2 Å². The number of nitrogens with zero attached hydrogens (tertiary/aromatic N) is 2. The van der Waals surface area contributed by atoms with Gasteiger partial charge in [-0.15, -0.1) is 11.3 Å². The van der Waals surface area contributed by atoms with Gasteiger partial charge >= 0.3 is 12.1 Å². The number of likely N-dealkylation sites (tertiary alicyclic amines) is 1. The molecule has 1 atom stereocenters. The zero-order valence-electron chi connectivity index (χ0n) is 19.0. The quantitative estimate of drug-likeness (QED) is 0.511. The Morgan fingerprint density at radius 3 is 2.46 bits per heavy atom. The van der Waals surface area contributed by atoms with Crippen LogP contribution in [0.1, 0.15) is 51.8 Å². The Hall–Kier alpha value is -3.72. The minimum Gasteiger partial charge on any atom is -0.481 e. The van der Waals surface area contributed by atoms with Gasteiger partial charge in [-0.3, -0.25) is 9.59 Å². The normalized spacial score (nSPS) is 16.6. The molecule has 3 aromatic rings. The van der Waals surface area contributed by atoms with E-state index in [2.05, 4.69) is 34.6 Å². The fourth-order valence-electron chi connectivity index (χ4n) is 4.95. The first-order valence-corrected chi connectivity index (χ1v) is 12.4. The lowest BCUT2D eigenvalue weighted by Gasteiger charge is -2.22. The Kier molecular flexibility index (Phi) is 6.50. The van der Waals surface area contributed by atoms with Crippen LogP contribution >= 0.6 is 11.3 Å². The third-order valence-electron chi connectivity index (χ3n) is 6.55. The lowest BCUT2D eigenvalue weighted by molar-refractivity contribution is -0.137. The van der Waals surface area contributed by atoms with Gasteiger partial charge in [0.05, 0.1) is 13.0 Å². The number of carbonyl (C=O) groups excluding carboxylic acids is 2. The second-order valence-corrected chi connectivity index (χ2v) is 9.64. The molecule has 180 valence electrons. The largest absolute Gasteiger partial charge is 0.481 e. The SMILES string of the molecule is O=C(O)C[C@@H]1CCCN1C(=O)c1csc(CNC(=O)OCC2c3ccccc3-c3ccccc32)n1. The summed E-state index contributed by atoms with van der Waals surface area (Å²) in [6, 6.07) is 16.0. The maximum absolute atomic E-state index is 12.8. The molecular weight excluding hydrogens is 466 g/mol. The third-order valence-corrected chi connectivity index (χ3v) is 7.40. The smallest absolute Gasteiger partial charge is 0.407 e. The molecule has 0 saturated carbocycles. The van der Waals surface area contributed by atoms with E-state index in [0.717, 1.165) is 17.5 Å². The number of carboxylic acids is 1. The molecule has 0 bridgehead atoms. The molecule has 0 spiro atoms. The van der Waals surface area contributed by atoms with Gasteiger partial charge in [0.1, 0.15) is 17.3 Å². The fraction of sp³-hybridized carbons (Fsp3) is 0.308. The second kappa shape index (κ2) is 9.87. The number of aromatic nitrogens is 1. The molecule has 35 heavy (non-hydrogen) atoms. The monoisotopic (exact) mass is 491 g/mol. The molecule has 2 aliphatic rings. The molecule has 9 heteroatoms. The number of nitrogens with one attached hydrogen (secondary N) is 1.